The van der Waals surface area contributed by atoms with Gasteiger partial charge in [-0.05, 0) is 31.9 Å². The number of hydrogen-bond acceptors (Lipinski definition) is 3. The van der Waals surface area contributed by atoms with Gasteiger partial charge < -0.3 is 5.32 Å². The minimum absolute atomic E-state index is 0.00140. The lowest BCUT2D eigenvalue weighted by Crippen LogP contribution is -2.34. The third-order valence-corrected chi connectivity index (χ3v) is 5.08. The van der Waals surface area contributed by atoms with E-state index in [2.05, 4.69) is 5.32 Å². The Morgan fingerprint density at radius 1 is 1.32 bits per heavy atom. The van der Waals surface area contributed by atoms with Gasteiger partial charge in [-0.3, -0.25) is 4.79 Å². The Bertz CT molecular complexity index is 653. The Labute approximate surface area is 125 Å². The quantitative estimate of drug-likeness (QED) is 0.858. The fourth-order valence-corrected chi connectivity index (χ4v) is 2.79. The molecule has 2 rings (SSSR count). The predicted octanol–water partition coefficient (Wildman–Crippen LogP) is 3.20. The van der Waals surface area contributed by atoms with Gasteiger partial charge in [0.1, 0.15) is 0 Å². The average molecular weight is 343 g/mol. The van der Waals surface area contributed by atoms with Crippen LogP contribution in [0.25, 0.3) is 0 Å². The van der Waals surface area contributed by atoms with E-state index in [0.717, 1.165) is 25.0 Å². The van der Waals surface area contributed by atoms with Gasteiger partial charge in [-0.15, -0.1) is 0 Å². The van der Waals surface area contributed by atoms with E-state index in [9.17, 15) is 13.2 Å². The maximum absolute atomic E-state index is 12.1. The van der Waals surface area contributed by atoms with Gasteiger partial charge in [0.15, 0.2) is 0 Å². The van der Waals surface area contributed by atoms with Gasteiger partial charge in [-0.25, -0.2) is 8.42 Å². The van der Waals surface area contributed by atoms with Crippen molar-refractivity contribution < 1.29 is 13.2 Å². The first kappa shape index (κ1) is 14.9. The van der Waals surface area contributed by atoms with Crippen LogP contribution in [0.4, 0.5) is 0 Å². The summed E-state index contributed by atoms with van der Waals surface area (Å²) in [4.78, 5) is 11.8. The largest absolute Gasteiger partial charge is 0.347 e. The molecule has 1 saturated carbocycles. The average Bonchev–Trinajstić information content (AvgIpc) is 2.98. The van der Waals surface area contributed by atoms with Crippen LogP contribution in [0.1, 0.15) is 30.1 Å². The molecular weight excluding hydrogens is 333 g/mol. The van der Waals surface area contributed by atoms with Gasteiger partial charge in [-0.2, -0.15) is 0 Å². The molecule has 0 bridgehead atoms. The summed E-state index contributed by atoms with van der Waals surface area (Å²) in [5.74, 6) is -0.464. The molecule has 1 aromatic carbocycles. The first-order valence-corrected chi connectivity index (χ1v) is 8.45. The molecule has 0 radical (unpaired) electrons. The van der Waals surface area contributed by atoms with Crippen molar-refractivity contribution in [1.82, 2.24) is 5.32 Å². The number of benzene rings is 1. The zero-order chi connectivity index (χ0) is 14.4. The third-order valence-electron chi connectivity index (χ3n) is 2.94. The summed E-state index contributed by atoms with van der Waals surface area (Å²) in [6.07, 6.45) is 1.75. The normalized spacial score (nSPS) is 17.1. The summed E-state index contributed by atoms with van der Waals surface area (Å²) in [6, 6.07) is 2.24. The number of nitrogens with one attached hydrogen (secondary N) is 1. The highest BCUT2D eigenvalue weighted by atomic mass is 35.7. The van der Waals surface area contributed by atoms with E-state index in [1.54, 1.807) is 0 Å². The van der Waals surface area contributed by atoms with Crippen molar-refractivity contribution in [2.45, 2.75) is 30.2 Å². The summed E-state index contributed by atoms with van der Waals surface area (Å²) in [6.45, 7) is 1.89. The second-order valence-corrected chi connectivity index (χ2v) is 8.07. The molecule has 1 amide bonds. The van der Waals surface area contributed by atoms with Gasteiger partial charge in [0.05, 0.1) is 20.5 Å². The number of halogens is 3. The first-order chi connectivity index (χ1) is 8.62. The van der Waals surface area contributed by atoms with Crippen molar-refractivity contribution in [2.24, 2.45) is 0 Å². The fraction of sp³-hybridized carbons (Fsp3) is 0.364. The first-order valence-electron chi connectivity index (χ1n) is 5.39. The van der Waals surface area contributed by atoms with E-state index in [0.29, 0.717) is 0 Å². The summed E-state index contributed by atoms with van der Waals surface area (Å²) in [5.41, 5.74) is -0.246. The standard InChI is InChI=1S/C11H10Cl3NO3S/c1-11(2-3-11)15-10(16)7-4-6(19(14,17)18)5-8(12)9(7)13/h4-5H,2-3H2,1H3,(H,15,16). The number of carbonyl (C=O) groups excluding carboxylic acids is 1. The van der Waals surface area contributed by atoms with Gasteiger partial charge in [0.25, 0.3) is 15.0 Å². The number of amides is 1. The molecule has 1 aliphatic carbocycles. The molecule has 8 heteroatoms. The molecule has 104 valence electrons. The van der Waals surface area contributed by atoms with Crippen LogP contribution in [0.5, 0.6) is 0 Å². The highest BCUT2D eigenvalue weighted by Crippen LogP contribution is 2.36. The van der Waals surface area contributed by atoms with Crippen LogP contribution in [0, 0.1) is 0 Å². The lowest BCUT2D eigenvalue weighted by atomic mass is 10.2. The fourth-order valence-electron chi connectivity index (χ4n) is 1.52. The minimum atomic E-state index is -3.98. The van der Waals surface area contributed by atoms with Crippen molar-refractivity contribution in [3.05, 3.63) is 27.7 Å². The molecule has 1 aliphatic rings. The summed E-state index contributed by atoms with van der Waals surface area (Å²) in [7, 11) is 1.27. The van der Waals surface area contributed by atoms with E-state index < -0.39 is 15.0 Å². The monoisotopic (exact) mass is 341 g/mol. The molecule has 1 N–H and O–H groups in total. The minimum Gasteiger partial charge on any atom is -0.347 e. The molecule has 19 heavy (non-hydrogen) atoms. The molecule has 0 spiro atoms. The zero-order valence-corrected chi connectivity index (χ0v) is 12.9. The smallest absolute Gasteiger partial charge is 0.261 e. The Morgan fingerprint density at radius 2 is 1.89 bits per heavy atom. The molecule has 0 aromatic heterocycles. The van der Waals surface area contributed by atoms with Gasteiger partial charge in [0, 0.05) is 16.2 Å². The van der Waals surface area contributed by atoms with Crippen LogP contribution < -0.4 is 5.32 Å². The summed E-state index contributed by atoms with van der Waals surface area (Å²) < 4.78 is 22.6. The molecule has 0 atom stereocenters. The van der Waals surface area contributed by atoms with Crippen LogP contribution in [-0.4, -0.2) is 19.9 Å². The Hall–Kier alpha value is -0.490. The maximum Gasteiger partial charge on any atom is 0.261 e. The number of hydrogen-bond donors (Lipinski definition) is 1. The van der Waals surface area contributed by atoms with Crippen LogP contribution >= 0.6 is 33.9 Å². The van der Waals surface area contributed by atoms with E-state index in [4.69, 9.17) is 33.9 Å². The lowest BCUT2D eigenvalue weighted by molar-refractivity contribution is 0.0935. The summed E-state index contributed by atoms with van der Waals surface area (Å²) >= 11 is 11.7. The van der Waals surface area contributed by atoms with Crippen molar-refractivity contribution in [3.8, 4) is 0 Å². The van der Waals surface area contributed by atoms with Gasteiger partial charge >= 0.3 is 0 Å². The highest BCUT2D eigenvalue weighted by molar-refractivity contribution is 8.13. The van der Waals surface area contributed by atoms with Gasteiger partial charge in [-0.1, -0.05) is 23.2 Å². The van der Waals surface area contributed by atoms with Crippen LogP contribution in [0.15, 0.2) is 17.0 Å². The maximum atomic E-state index is 12.1. The Kier molecular flexibility index (Phi) is 3.77. The third kappa shape index (κ3) is 3.34. The Morgan fingerprint density at radius 3 is 2.37 bits per heavy atom. The van der Waals surface area contributed by atoms with E-state index in [1.807, 2.05) is 6.92 Å². The highest BCUT2D eigenvalue weighted by Gasteiger charge is 2.39. The molecule has 1 fully saturated rings. The van der Waals surface area contributed by atoms with E-state index >= 15 is 0 Å². The Balaban J connectivity index is 2.44. The predicted molar refractivity (Wildman–Crippen MR) is 74.6 cm³/mol. The number of carbonyl (C=O) groups is 1. The van der Waals surface area contributed by atoms with Crippen LogP contribution in [0.3, 0.4) is 0 Å². The van der Waals surface area contributed by atoms with Crippen molar-refractivity contribution in [3.63, 3.8) is 0 Å². The molecular formula is C11H10Cl3NO3S. The topological polar surface area (TPSA) is 63.2 Å². The van der Waals surface area contributed by atoms with Crippen molar-refractivity contribution in [1.29, 1.82) is 0 Å². The molecule has 1 aromatic rings. The van der Waals surface area contributed by atoms with E-state index in [-0.39, 0.29) is 26.0 Å². The van der Waals surface area contributed by atoms with Crippen LogP contribution in [-0.2, 0) is 9.05 Å². The molecule has 0 aliphatic heterocycles. The lowest BCUT2D eigenvalue weighted by Gasteiger charge is -2.13. The van der Waals surface area contributed by atoms with Gasteiger partial charge in [0.2, 0.25) is 0 Å². The summed E-state index contributed by atoms with van der Waals surface area (Å²) in [5, 5.41) is 2.75. The second-order valence-electron chi connectivity index (χ2n) is 4.72. The second kappa shape index (κ2) is 4.81. The molecule has 0 unspecified atom stereocenters. The molecule has 4 nitrogen and oxygen atoms in total. The van der Waals surface area contributed by atoms with Crippen LogP contribution in [0.2, 0.25) is 10.0 Å². The molecule has 0 saturated heterocycles. The SMILES string of the molecule is CC1(NC(=O)c2cc(S(=O)(=O)Cl)cc(Cl)c2Cl)CC1. The zero-order valence-electron chi connectivity index (χ0n) is 9.84. The van der Waals surface area contributed by atoms with Crippen molar-refractivity contribution >= 4 is 48.8 Å². The number of rotatable bonds is 3. The van der Waals surface area contributed by atoms with Crippen molar-refractivity contribution in [2.75, 3.05) is 0 Å². The van der Waals surface area contributed by atoms with E-state index in [1.165, 1.54) is 0 Å². The molecule has 0 heterocycles.